The lowest BCUT2D eigenvalue weighted by atomic mass is 9.80. The number of aromatic nitrogens is 1. The number of carboxylic acids is 1. The number of hydrogen-bond donors (Lipinski definition) is 1. The minimum Gasteiger partial charge on any atom is -0.475 e. The van der Waals surface area contributed by atoms with Gasteiger partial charge in [-0.15, -0.1) is 0 Å². The van der Waals surface area contributed by atoms with E-state index in [1.165, 1.54) is 0 Å². The van der Waals surface area contributed by atoms with Crippen molar-refractivity contribution in [3.05, 3.63) is 59.2 Å². The summed E-state index contributed by atoms with van der Waals surface area (Å²) >= 11 is 0. The topological polar surface area (TPSA) is 125 Å². The van der Waals surface area contributed by atoms with Crippen LogP contribution in [0.25, 0.3) is 0 Å². The summed E-state index contributed by atoms with van der Waals surface area (Å²) < 4.78 is 205. The van der Waals surface area contributed by atoms with E-state index in [0.29, 0.717) is 0 Å². The predicted molar refractivity (Wildman–Crippen MR) is 143 cm³/mol. The minimum atomic E-state index is -6.49. The number of sulfone groups is 1. The Hall–Kier alpha value is -4.11. The van der Waals surface area contributed by atoms with E-state index in [-0.39, 0.29) is 17.2 Å². The molecule has 1 aromatic heterocycles. The first-order valence-corrected chi connectivity index (χ1v) is 15.3. The highest BCUT2D eigenvalue weighted by Crippen LogP contribution is 2.56. The Kier molecular flexibility index (Phi) is 8.64. The molecule has 2 aromatic rings. The first-order valence-electron chi connectivity index (χ1n) is 15.3. The van der Waals surface area contributed by atoms with Gasteiger partial charge in [0.1, 0.15) is 16.6 Å². The summed E-state index contributed by atoms with van der Waals surface area (Å²) in [5.41, 5.74) is -8.95. The third-order valence-corrected chi connectivity index (χ3v) is 11.1. The summed E-state index contributed by atoms with van der Waals surface area (Å²) in [5.74, 6) is -6.29. The van der Waals surface area contributed by atoms with Gasteiger partial charge in [0.2, 0.25) is 5.91 Å². The van der Waals surface area contributed by atoms with Gasteiger partial charge in [0.05, 0.1) is 16.6 Å². The van der Waals surface area contributed by atoms with Gasteiger partial charge >= 0.3 is 30.2 Å². The number of likely N-dealkylation sites (N-methyl/N-ethyl adjacent to an activating group) is 1. The quantitative estimate of drug-likeness (QED) is 0.347. The van der Waals surface area contributed by atoms with Crippen molar-refractivity contribution in [2.75, 3.05) is 13.5 Å². The van der Waals surface area contributed by atoms with Gasteiger partial charge in [0.25, 0.3) is 5.91 Å². The first-order chi connectivity index (χ1) is 23.9. The van der Waals surface area contributed by atoms with Crippen LogP contribution in [-0.4, -0.2) is 96.4 Å². The van der Waals surface area contributed by atoms with Gasteiger partial charge in [-0.05, 0) is 55.2 Å². The molecule has 2 unspecified atom stereocenters. The molecule has 1 aliphatic carbocycles. The van der Waals surface area contributed by atoms with Crippen molar-refractivity contribution in [1.82, 2.24) is 14.8 Å². The van der Waals surface area contributed by atoms with Crippen molar-refractivity contribution >= 4 is 27.6 Å². The van der Waals surface area contributed by atoms with Crippen molar-refractivity contribution in [1.29, 1.82) is 0 Å². The summed E-state index contributed by atoms with van der Waals surface area (Å²) in [5, 5.41) is 7.12. The summed E-state index contributed by atoms with van der Waals surface area (Å²) in [6.07, 6.45) is -23.0. The van der Waals surface area contributed by atoms with Gasteiger partial charge in [-0.25, -0.2) is 26.4 Å². The van der Waals surface area contributed by atoms with Crippen molar-refractivity contribution in [2.24, 2.45) is 0 Å². The largest absolute Gasteiger partial charge is 0.490 e. The summed E-state index contributed by atoms with van der Waals surface area (Å²) in [4.78, 5) is 39.0. The Morgan fingerprint density at radius 2 is 1.58 bits per heavy atom. The second-order valence-corrected chi connectivity index (χ2v) is 13.5. The number of likely N-dealkylation sites (tertiary alicyclic amines) is 2. The number of carbonyl (C=O) groups is 3. The Morgan fingerprint density at radius 1 is 1.02 bits per heavy atom. The molecule has 2 fully saturated rings. The maximum absolute atomic E-state index is 14.9. The predicted octanol–water partition coefficient (Wildman–Crippen LogP) is 4.93. The SMILES string of the molecule is O=C(O)C(F)(F)F.[2H]C([2H])([2H])N1C(=O)[C@H](F)C[C@H]1C(=O)N1CCC2(S(=O)(=O)c3ccc(F)cc3)c3ncc(C(F)(C(F)(F)F)C(F)(F)F)cc3CCC12. The molecule has 5 rings (SSSR count). The van der Waals surface area contributed by atoms with E-state index in [2.05, 4.69) is 4.98 Å². The number of aryl methyl sites for hydroxylation is 1. The number of pyridine rings is 1. The van der Waals surface area contributed by atoms with Crippen LogP contribution in [0.3, 0.4) is 0 Å². The number of halogens is 12. The number of benzene rings is 1. The fourth-order valence-corrected chi connectivity index (χ4v) is 8.53. The zero-order valence-corrected chi connectivity index (χ0v) is 25.3. The number of amides is 2. The number of carboxylic acid groups (broad SMARTS) is 1. The number of aliphatic carboxylic acids is 1. The summed E-state index contributed by atoms with van der Waals surface area (Å²) in [6.45, 7) is -3.79. The van der Waals surface area contributed by atoms with Crippen molar-refractivity contribution in [2.45, 2.75) is 77.8 Å². The maximum Gasteiger partial charge on any atom is 0.490 e. The molecule has 2 saturated heterocycles. The van der Waals surface area contributed by atoms with Crippen molar-refractivity contribution in [3.8, 4) is 0 Å². The van der Waals surface area contributed by atoms with Gasteiger partial charge in [-0.2, -0.15) is 39.5 Å². The normalized spacial score (nSPS) is 25.5. The van der Waals surface area contributed by atoms with Crippen molar-refractivity contribution in [3.63, 3.8) is 0 Å². The lowest BCUT2D eigenvalue weighted by molar-refractivity contribution is -0.348. The van der Waals surface area contributed by atoms with Crippen LogP contribution in [0, 0.1) is 5.82 Å². The molecule has 2 aliphatic heterocycles. The lowest BCUT2D eigenvalue weighted by Gasteiger charge is -2.42. The van der Waals surface area contributed by atoms with E-state index in [1.54, 1.807) is 0 Å². The highest BCUT2D eigenvalue weighted by Gasteiger charge is 2.74. The molecule has 4 atom stereocenters. The first kappa shape index (κ1) is 34.3. The van der Waals surface area contributed by atoms with Crippen LogP contribution in [0.2, 0.25) is 0 Å². The molecule has 9 nitrogen and oxygen atoms in total. The zero-order chi connectivity index (χ0) is 40.5. The van der Waals surface area contributed by atoms with Crippen LogP contribution < -0.4 is 0 Å². The average molecular weight is 761 g/mol. The lowest BCUT2D eigenvalue weighted by Crippen LogP contribution is -2.55. The number of rotatable bonds is 4. The Labute approximate surface area is 278 Å². The minimum absolute atomic E-state index is 0.0604. The van der Waals surface area contributed by atoms with E-state index in [1.807, 2.05) is 0 Å². The van der Waals surface area contributed by atoms with E-state index in [0.717, 1.165) is 29.2 Å². The molecule has 0 bridgehead atoms. The Balaban J connectivity index is 0.000000815. The zero-order valence-electron chi connectivity index (χ0n) is 27.5. The summed E-state index contributed by atoms with van der Waals surface area (Å²) in [7, 11) is -4.88. The molecular weight excluding hydrogens is 734 g/mol. The highest BCUT2D eigenvalue weighted by atomic mass is 32.2. The second-order valence-electron chi connectivity index (χ2n) is 11.3. The molecule has 3 aliphatic rings. The van der Waals surface area contributed by atoms with E-state index in [4.69, 9.17) is 14.0 Å². The number of hydrogen-bond acceptors (Lipinski definition) is 6. The van der Waals surface area contributed by atoms with Crippen LogP contribution >= 0.6 is 0 Å². The standard InChI is InChI=1S/C26H22F9N3O4S.C2HF3O2/c1-37-18(11-17(28)21(37)39)22(40)38-9-8-23(43(41,42)16-5-3-15(27)4-6-16)19(38)7-2-13-10-14(12-36-20(13)23)24(29,25(30,31)32)26(33,34)35;3-2(4,5)1(6)7/h3-6,10,12,17-19H,2,7-9,11H2,1H3;(H,6,7)/t17-,18+,19?,23?;/m1./s1/i1D3;. The van der Waals surface area contributed by atoms with Crippen LogP contribution in [0.5, 0.6) is 0 Å². The molecule has 2 amide bonds. The average Bonchev–Trinajstić information content (AvgIpc) is 3.57. The number of fused-ring (bicyclic) bond motifs is 3. The molecule has 276 valence electrons. The Morgan fingerprint density at radius 3 is 2.08 bits per heavy atom. The fourth-order valence-electron chi connectivity index (χ4n) is 6.21. The molecule has 3 heterocycles. The highest BCUT2D eigenvalue weighted by molar-refractivity contribution is 7.92. The van der Waals surface area contributed by atoms with E-state index >= 15 is 0 Å². The third kappa shape index (κ3) is 6.12. The number of carbonyl (C=O) groups excluding carboxylic acids is 2. The van der Waals surface area contributed by atoms with E-state index in [9.17, 15) is 70.7 Å². The third-order valence-electron chi connectivity index (χ3n) is 8.53. The van der Waals surface area contributed by atoms with Crippen LogP contribution in [0.15, 0.2) is 41.4 Å². The van der Waals surface area contributed by atoms with Gasteiger partial charge < -0.3 is 14.9 Å². The molecule has 0 saturated carbocycles. The number of alkyl halides is 11. The maximum atomic E-state index is 14.9. The molecule has 50 heavy (non-hydrogen) atoms. The van der Waals surface area contributed by atoms with Crippen molar-refractivity contribution < 1.29 is 84.7 Å². The second kappa shape index (κ2) is 12.6. The summed E-state index contributed by atoms with van der Waals surface area (Å²) in [6, 6.07) is -0.00530. The van der Waals surface area contributed by atoms with Gasteiger partial charge in [-0.1, -0.05) is 0 Å². The van der Waals surface area contributed by atoms with Crippen LogP contribution in [-0.2, 0) is 41.1 Å². The fraction of sp³-hybridized carbons (Fsp3) is 0.500. The Bertz CT molecular complexity index is 1880. The van der Waals surface area contributed by atoms with Crippen LogP contribution in [0.1, 0.15) is 40.2 Å². The molecule has 1 N–H and O–H groups in total. The van der Waals surface area contributed by atoms with Gasteiger partial charge in [0.15, 0.2) is 16.0 Å². The van der Waals surface area contributed by atoms with Gasteiger partial charge in [-0.3, -0.25) is 14.6 Å². The molecule has 0 radical (unpaired) electrons. The molecule has 1 aromatic carbocycles. The number of nitrogens with zero attached hydrogens (tertiary/aromatic N) is 3. The molecule has 0 spiro atoms. The smallest absolute Gasteiger partial charge is 0.475 e. The van der Waals surface area contributed by atoms with Crippen LogP contribution in [0.4, 0.5) is 52.7 Å². The van der Waals surface area contributed by atoms with E-state index < -0.39 is 142 Å². The molecular formula is C28H23F12N3O6S. The van der Waals surface area contributed by atoms with Gasteiger partial charge in [0, 0.05) is 35.8 Å². The molecule has 22 heteroatoms. The monoisotopic (exact) mass is 760 g/mol.